The van der Waals surface area contributed by atoms with Crippen LogP contribution in [0.2, 0.25) is 23.2 Å². The van der Waals surface area contributed by atoms with Gasteiger partial charge in [0.05, 0.1) is 6.10 Å². The van der Waals surface area contributed by atoms with Crippen LogP contribution in [0.4, 0.5) is 0 Å². The Balaban J connectivity index is 1.56. The van der Waals surface area contributed by atoms with Crippen molar-refractivity contribution in [2.24, 2.45) is 29.6 Å². The highest BCUT2D eigenvalue weighted by Crippen LogP contribution is 2.51. The van der Waals surface area contributed by atoms with Crippen LogP contribution in [0.15, 0.2) is 72.8 Å². The van der Waals surface area contributed by atoms with E-state index in [0.29, 0.717) is 24.4 Å². The lowest BCUT2D eigenvalue weighted by atomic mass is 9.71. The van der Waals surface area contributed by atoms with Gasteiger partial charge in [-0.05, 0) is 64.1 Å². The summed E-state index contributed by atoms with van der Waals surface area (Å²) in [6.07, 6.45) is 8.10. The van der Waals surface area contributed by atoms with Gasteiger partial charge in [-0.25, -0.2) is 0 Å². The molecule has 2 aromatic carbocycles. The predicted molar refractivity (Wildman–Crippen MR) is 173 cm³/mol. The van der Waals surface area contributed by atoms with Crippen LogP contribution in [0.25, 0.3) is 0 Å². The van der Waals surface area contributed by atoms with Crippen LogP contribution < -0.4 is 10.4 Å². The summed E-state index contributed by atoms with van der Waals surface area (Å²) in [5.74, 6) is 1.37. The molecule has 2 aromatic rings. The lowest BCUT2D eigenvalue weighted by Gasteiger charge is -2.44. The SMILES string of the molecule is C[C@@H]1C[C@H]2[C@@H](C=C[C@H](CCO[Si](c3ccccc3)(c3ccccc3)C(C)(C)C)[C@@H]2C=O)[C@@H]1O[Si](C)(C)C(C)(C)C. The maximum absolute atomic E-state index is 12.6. The first kappa shape index (κ1) is 31.1. The lowest BCUT2D eigenvalue weighted by Crippen LogP contribution is -2.66. The van der Waals surface area contributed by atoms with Gasteiger partial charge in [-0.2, -0.15) is 0 Å². The Morgan fingerprint density at radius 2 is 1.40 bits per heavy atom. The molecule has 0 aromatic heterocycles. The summed E-state index contributed by atoms with van der Waals surface area (Å²) in [4.78, 5) is 12.6. The first-order valence-corrected chi connectivity index (χ1v) is 20.1. The summed E-state index contributed by atoms with van der Waals surface area (Å²) in [5, 5.41) is 2.72. The number of hydrogen-bond acceptors (Lipinski definition) is 3. The molecular formula is C35H52O3Si2. The lowest BCUT2D eigenvalue weighted by molar-refractivity contribution is -0.114. The highest BCUT2D eigenvalue weighted by molar-refractivity contribution is 6.99. The van der Waals surface area contributed by atoms with E-state index in [0.717, 1.165) is 12.8 Å². The molecule has 0 amide bonds. The fourth-order valence-electron chi connectivity index (χ4n) is 7.04. The van der Waals surface area contributed by atoms with Gasteiger partial charge in [0.1, 0.15) is 6.29 Å². The smallest absolute Gasteiger partial charge is 0.261 e. The van der Waals surface area contributed by atoms with E-state index in [1.54, 1.807) is 0 Å². The molecule has 2 aliphatic carbocycles. The molecule has 0 heterocycles. The average molecular weight is 577 g/mol. The molecule has 4 rings (SSSR count). The minimum Gasteiger partial charge on any atom is -0.413 e. The van der Waals surface area contributed by atoms with E-state index in [1.165, 1.54) is 16.7 Å². The Labute approximate surface area is 246 Å². The molecule has 0 saturated heterocycles. The minimum absolute atomic E-state index is 0.0215. The first-order valence-electron chi connectivity index (χ1n) is 15.3. The minimum atomic E-state index is -2.59. The number of carbonyl (C=O) groups is 1. The third-order valence-electron chi connectivity index (χ3n) is 10.2. The van der Waals surface area contributed by atoms with Crippen LogP contribution in [0, 0.1) is 29.6 Å². The molecule has 0 unspecified atom stereocenters. The van der Waals surface area contributed by atoms with E-state index >= 15 is 0 Å². The molecule has 5 heteroatoms. The Morgan fingerprint density at radius 3 is 1.88 bits per heavy atom. The van der Waals surface area contributed by atoms with Crippen LogP contribution in [0.3, 0.4) is 0 Å². The van der Waals surface area contributed by atoms with Gasteiger partial charge in [-0.1, -0.05) is 121 Å². The highest BCUT2D eigenvalue weighted by atomic mass is 28.4. The molecule has 0 bridgehead atoms. The molecule has 6 atom stereocenters. The maximum Gasteiger partial charge on any atom is 0.261 e. The normalized spacial score (nSPS) is 27.4. The van der Waals surface area contributed by atoms with E-state index in [2.05, 4.69) is 134 Å². The Morgan fingerprint density at radius 1 is 0.850 bits per heavy atom. The van der Waals surface area contributed by atoms with Crippen molar-refractivity contribution >= 4 is 33.3 Å². The summed E-state index contributed by atoms with van der Waals surface area (Å²) >= 11 is 0. The molecule has 0 aliphatic heterocycles. The van der Waals surface area contributed by atoms with Crippen molar-refractivity contribution in [2.45, 2.75) is 90.6 Å². The number of rotatable bonds is 9. The van der Waals surface area contributed by atoms with E-state index in [9.17, 15) is 4.79 Å². The zero-order valence-corrected chi connectivity index (χ0v) is 28.3. The number of carbonyl (C=O) groups excluding carboxylic acids is 1. The van der Waals surface area contributed by atoms with E-state index in [1.807, 2.05) is 0 Å². The number of fused-ring (bicyclic) bond motifs is 1. The molecular weight excluding hydrogens is 525 g/mol. The fourth-order valence-corrected chi connectivity index (χ4v) is 13.0. The average Bonchev–Trinajstić information content (AvgIpc) is 3.20. The number of hydrogen-bond donors (Lipinski definition) is 0. The molecule has 2 aliphatic rings. The van der Waals surface area contributed by atoms with Crippen molar-refractivity contribution in [3.63, 3.8) is 0 Å². The monoisotopic (exact) mass is 576 g/mol. The van der Waals surface area contributed by atoms with Crippen molar-refractivity contribution in [3.05, 3.63) is 72.8 Å². The van der Waals surface area contributed by atoms with Gasteiger partial charge in [-0.15, -0.1) is 0 Å². The third kappa shape index (κ3) is 5.90. The van der Waals surface area contributed by atoms with Crippen molar-refractivity contribution < 1.29 is 13.6 Å². The zero-order chi connectivity index (χ0) is 29.3. The van der Waals surface area contributed by atoms with Gasteiger partial charge in [0, 0.05) is 18.4 Å². The molecule has 1 saturated carbocycles. The maximum atomic E-state index is 12.6. The van der Waals surface area contributed by atoms with Crippen LogP contribution in [0.1, 0.15) is 61.3 Å². The van der Waals surface area contributed by atoms with Crippen LogP contribution in [-0.4, -0.2) is 35.6 Å². The van der Waals surface area contributed by atoms with Crippen molar-refractivity contribution in [2.75, 3.05) is 6.61 Å². The molecule has 1 fully saturated rings. The number of benzene rings is 2. The number of allylic oxidation sites excluding steroid dienone is 1. The second-order valence-electron chi connectivity index (χ2n) is 14.9. The van der Waals surface area contributed by atoms with E-state index in [4.69, 9.17) is 8.85 Å². The van der Waals surface area contributed by atoms with E-state index < -0.39 is 16.6 Å². The summed E-state index contributed by atoms with van der Waals surface area (Å²) in [7, 11) is -4.49. The van der Waals surface area contributed by atoms with Gasteiger partial charge >= 0.3 is 0 Å². The third-order valence-corrected chi connectivity index (χ3v) is 19.7. The van der Waals surface area contributed by atoms with Gasteiger partial charge in [0.2, 0.25) is 0 Å². The molecule has 0 N–H and O–H groups in total. The number of aldehydes is 1. The second kappa shape index (κ2) is 11.8. The van der Waals surface area contributed by atoms with Crippen LogP contribution >= 0.6 is 0 Å². The summed E-state index contributed by atoms with van der Waals surface area (Å²) < 4.78 is 14.2. The summed E-state index contributed by atoms with van der Waals surface area (Å²) in [6, 6.07) is 21.7. The largest absolute Gasteiger partial charge is 0.413 e. The Hall–Kier alpha value is -1.80. The Kier molecular flexibility index (Phi) is 9.21. The molecule has 0 spiro atoms. The van der Waals surface area contributed by atoms with Gasteiger partial charge in [-0.3, -0.25) is 0 Å². The van der Waals surface area contributed by atoms with Crippen molar-refractivity contribution in [1.82, 2.24) is 0 Å². The Bertz CT molecular complexity index is 1110. The molecule has 3 nitrogen and oxygen atoms in total. The summed E-state index contributed by atoms with van der Waals surface area (Å²) in [6.45, 7) is 21.6. The predicted octanol–water partition coefficient (Wildman–Crippen LogP) is 7.62. The van der Waals surface area contributed by atoms with Crippen LogP contribution in [0.5, 0.6) is 0 Å². The summed E-state index contributed by atoms with van der Waals surface area (Å²) in [5.41, 5.74) is 0. The fraction of sp³-hybridized carbons (Fsp3) is 0.571. The van der Waals surface area contributed by atoms with Gasteiger partial charge in [0.25, 0.3) is 8.32 Å². The first-order chi connectivity index (χ1) is 18.7. The van der Waals surface area contributed by atoms with Crippen LogP contribution in [-0.2, 0) is 13.6 Å². The zero-order valence-electron chi connectivity index (χ0n) is 26.3. The van der Waals surface area contributed by atoms with Gasteiger partial charge in [0.15, 0.2) is 8.32 Å². The molecule has 218 valence electrons. The van der Waals surface area contributed by atoms with Crippen molar-refractivity contribution in [1.29, 1.82) is 0 Å². The van der Waals surface area contributed by atoms with Gasteiger partial charge < -0.3 is 13.6 Å². The highest BCUT2D eigenvalue weighted by Gasteiger charge is 2.52. The second-order valence-corrected chi connectivity index (χ2v) is 23.9. The van der Waals surface area contributed by atoms with E-state index in [-0.39, 0.29) is 28.0 Å². The quantitative estimate of drug-likeness (QED) is 0.175. The standard InChI is InChI=1S/C35H52O3Si2/c1-26-24-31-30(33(26)38-39(8,9)34(2,3)4)21-20-27(32(31)25-36)22-23-37-40(35(5,6)7,28-16-12-10-13-17-28)29-18-14-11-15-19-29/h10-21,25-27,30-33H,22-24H2,1-9H3/t26-,27-,30-,31+,32+,33-/m1/s1. The van der Waals surface area contributed by atoms with Crippen molar-refractivity contribution in [3.8, 4) is 0 Å². The topological polar surface area (TPSA) is 35.5 Å². The molecule has 0 radical (unpaired) electrons. The molecule has 40 heavy (non-hydrogen) atoms.